The second kappa shape index (κ2) is 2.87. The van der Waals surface area contributed by atoms with E-state index in [2.05, 4.69) is 40.3 Å². The average molecular weight is 192 g/mol. The fourth-order valence-corrected chi connectivity index (χ4v) is 4.71. The zero-order chi connectivity index (χ0) is 10.6. The topological polar surface area (TPSA) is 0 Å². The van der Waals surface area contributed by atoms with Gasteiger partial charge in [0.05, 0.1) is 0 Å². The average Bonchev–Trinajstić information content (AvgIpc) is 2.48. The van der Waals surface area contributed by atoms with Crippen molar-refractivity contribution in [3.63, 3.8) is 0 Å². The molecule has 0 bridgehead atoms. The van der Waals surface area contributed by atoms with Gasteiger partial charge in [-0.1, -0.05) is 33.8 Å². The summed E-state index contributed by atoms with van der Waals surface area (Å²) in [5, 5.41) is 0. The number of hydrogen-bond acceptors (Lipinski definition) is 0. The lowest BCUT2D eigenvalue weighted by atomic mass is 9.70. The van der Waals surface area contributed by atoms with Gasteiger partial charge < -0.3 is 0 Å². The van der Waals surface area contributed by atoms with E-state index < -0.39 is 0 Å². The lowest BCUT2D eigenvalue weighted by molar-refractivity contribution is 0.137. The molecule has 0 heteroatoms. The number of hydrogen-bond donors (Lipinski definition) is 0. The molecule has 0 aromatic heterocycles. The summed E-state index contributed by atoms with van der Waals surface area (Å²) in [5.74, 6) is 2.53. The Labute approximate surface area is 88.8 Å². The lowest BCUT2D eigenvalue weighted by Gasteiger charge is -2.35. The number of allylic oxidation sites excluding steroid dienone is 1. The fourth-order valence-electron chi connectivity index (χ4n) is 4.71. The minimum atomic E-state index is 0.561. The summed E-state index contributed by atoms with van der Waals surface area (Å²) in [6.45, 7) is 13.9. The van der Waals surface area contributed by atoms with Gasteiger partial charge in [0.15, 0.2) is 0 Å². The molecule has 0 amide bonds. The molecular formula is C14H24. The van der Waals surface area contributed by atoms with Crippen LogP contribution in [0.2, 0.25) is 0 Å². The van der Waals surface area contributed by atoms with Gasteiger partial charge in [0.25, 0.3) is 0 Å². The van der Waals surface area contributed by atoms with Crippen LogP contribution in [-0.2, 0) is 0 Å². The molecular weight excluding hydrogens is 168 g/mol. The van der Waals surface area contributed by atoms with E-state index in [0.717, 1.165) is 17.8 Å². The Morgan fingerprint density at radius 1 is 1.21 bits per heavy atom. The molecule has 0 nitrogen and oxygen atoms in total. The Morgan fingerprint density at radius 3 is 2.36 bits per heavy atom. The van der Waals surface area contributed by atoms with Gasteiger partial charge >= 0.3 is 0 Å². The Kier molecular flexibility index (Phi) is 2.10. The number of fused-ring (bicyclic) bond motifs is 1. The smallest absolute Gasteiger partial charge is 0.0202 e. The van der Waals surface area contributed by atoms with Crippen molar-refractivity contribution in [2.24, 2.45) is 28.6 Å². The van der Waals surface area contributed by atoms with Crippen molar-refractivity contribution >= 4 is 0 Å². The molecule has 0 saturated heterocycles. The third-order valence-electron chi connectivity index (χ3n) is 5.14. The molecule has 14 heavy (non-hydrogen) atoms. The van der Waals surface area contributed by atoms with E-state index in [9.17, 15) is 0 Å². The summed E-state index contributed by atoms with van der Waals surface area (Å²) in [4.78, 5) is 0. The van der Waals surface area contributed by atoms with Crippen LogP contribution in [0.15, 0.2) is 12.7 Å². The maximum Gasteiger partial charge on any atom is -0.0202 e. The molecule has 80 valence electrons. The monoisotopic (exact) mass is 192 g/mol. The highest BCUT2D eigenvalue weighted by Crippen LogP contribution is 2.65. The van der Waals surface area contributed by atoms with Gasteiger partial charge in [-0.15, -0.1) is 6.58 Å². The normalized spacial score (nSPS) is 50.4. The van der Waals surface area contributed by atoms with E-state index in [0.29, 0.717) is 10.8 Å². The molecule has 0 aromatic carbocycles. The Bertz CT molecular complexity index is 251. The van der Waals surface area contributed by atoms with Gasteiger partial charge in [-0.05, 0) is 47.8 Å². The molecule has 0 heterocycles. The van der Waals surface area contributed by atoms with Crippen LogP contribution in [0.25, 0.3) is 0 Å². The van der Waals surface area contributed by atoms with Gasteiger partial charge in [-0.3, -0.25) is 0 Å². The van der Waals surface area contributed by atoms with Crippen molar-refractivity contribution in [1.82, 2.24) is 0 Å². The van der Waals surface area contributed by atoms with Gasteiger partial charge in [0.1, 0.15) is 0 Å². The number of rotatable bonds is 1. The van der Waals surface area contributed by atoms with Gasteiger partial charge in [-0.25, -0.2) is 0 Å². The predicted octanol–water partition coefficient (Wildman–Crippen LogP) is 4.27. The van der Waals surface area contributed by atoms with E-state index in [-0.39, 0.29) is 0 Å². The Morgan fingerprint density at radius 2 is 1.86 bits per heavy atom. The summed E-state index contributed by atoms with van der Waals surface area (Å²) in [5.41, 5.74) is 1.17. The molecule has 0 N–H and O–H groups in total. The van der Waals surface area contributed by atoms with Crippen molar-refractivity contribution in [2.75, 3.05) is 0 Å². The Balaban J connectivity index is 2.33. The van der Waals surface area contributed by atoms with Crippen molar-refractivity contribution in [1.29, 1.82) is 0 Å². The first kappa shape index (κ1) is 10.3. The van der Waals surface area contributed by atoms with Crippen LogP contribution in [-0.4, -0.2) is 0 Å². The molecule has 0 aromatic rings. The summed E-state index contributed by atoms with van der Waals surface area (Å²) in [6, 6.07) is 0. The molecule has 2 saturated carbocycles. The molecule has 0 spiro atoms. The van der Waals surface area contributed by atoms with Crippen molar-refractivity contribution in [2.45, 2.75) is 47.0 Å². The molecule has 2 fully saturated rings. The van der Waals surface area contributed by atoms with Crippen LogP contribution in [0.5, 0.6) is 0 Å². The van der Waals surface area contributed by atoms with E-state index >= 15 is 0 Å². The first-order valence-corrected chi connectivity index (χ1v) is 6.03. The maximum absolute atomic E-state index is 4.00. The van der Waals surface area contributed by atoms with E-state index in [1.165, 1.54) is 19.3 Å². The molecule has 2 aliphatic rings. The molecule has 2 aliphatic carbocycles. The summed E-state index contributed by atoms with van der Waals surface area (Å²) in [7, 11) is 0. The minimum Gasteiger partial charge on any atom is -0.103 e. The standard InChI is InChI=1S/C14H24/c1-6-11-9-14(5)8-7-13(3,4)12(14)10(11)2/h6,10-12H,1,7-9H2,2-5H3/t10?,11?,12-,14-/m1/s1. The maximum atomic E-state index is 4.00. The van der Waals surface area contributed by atoms with Crippen molar-refractivity contribution in [3.8, 4) is 0 Å². The Hall–Kier alpha value is -0.260. The first-order chi connectivity index (χ1) is 6.41. The second-order valence-electron chi connectivity index (χ2n) is 6.58. The molecule has 2 unspecified atom stereocenters. The van der Waals surface area contributed by atoms with Gasteiger partial charge in [-0.2, -0.15) is 0 Å². The molecule has 2 rings (SSSR count). The van der Waals surface area contributed by atoms with Gasteiger partial charge in [0, 0.05) is 0 Å². The second-order valence-corrected chi connectivity index (χ2v) is 6.58. The third-order valence-corrected chi connectivity index (χ3v) is 5.14. The predicted molar refractivity (Wildman–Crippen MR) is 62.1 cm³/mol. The highest BCUT2D eigenvalue weighted by Gasteiger charge is 2.57. The van der Waals surface area contributed by atoms with Crippen LogP contribution in [0.4, 0.5) is 0 Å². The largest absolute Gasteiger partial charge is 0.103 e. The van der Waals surface area contributed by atoms with Crippen molar-refractivity contribution < 1.29 is 0 Å². The molecule has 4 atom stereocenters. The lowest BCUT2D eigenvalue weighted by Crippen LogP contribution is -2.28. The zero-order valence-electron chi connectivity index (χ0n) is 10.1. The summed E-state index contributed by atoms with van der Waals surface area (Å²) < 4.78 is 0. The summed E-state index contributed by atoms with van der Waals surface area (Å²) in [6.07, 6.45) is 6.43. The first-order valence-electron chi connectivity index (χ1n) is 6.03. The van der Waals surface area contributed by atoms with E-state index in [1.54, 1.807) is 0 Å². The highest BCUT2D eigenvalue weighted by atomic mass is 14.6. The molecule has 0 radical (unpaired) electrons. The van der Waals surface area contributed by atoms with Crippen molar-refractivity contribution in [3.05, 3.63) is 12.7 Å². The minimum absolute atomic E-state index is 0.561. The molecule has 0 aliphatic heterocycles. The van der Waals surface area contributed by atoms with Crippen LogP contribution >= 0.6 is 0 Å². The quantitative estimate of drug-likeness (QED) is 0.544. The van der Waals surface area contributed by atoms with Crippen LogP contribution in [0.3, 0.4) is 0 Å². The zero-order valence-corrected chi connectivity index (χ0v) is 10.1. The fraction of sp³-hybridized carbons (Fsp3) is 0.857. The van der Waals surface area contributed by atoms with Crippen LogP contribution < -0.4 is 0 Å². The van der Waals surface area contributed by atoms with Crippen LogP contribution in [0.1, 0.15) is 47.0 Å². The SMILES string of the molecule is C=CC1C[C@@]2(C)CCC(C)(C)[C@H]2C1C. The van der Waals surface area contributed by atoms with E-state index in [4.69, 9.17) is 0 Å². The van der Waals surface area contributed by atoms with Gasteiger partial charge in [0.2, 0.25) is 0 Å². The third kappa shape index (κ3) is 1.19. The highest BCUT2D eigenvalue weighted by molar-refractivity contribution is 5.10. The van der Waals surface area contributed by atoms with Crippen LogP contribution in [0, 0.1) is 28.6 Å². The summed E-state index contributed by atoms with van der Waals surface area (Å²) >= 11 is 0. The van der Waals surface area contributed by atoms with E-state index in [1.807, 2.05) is 0 Å².